The van der Waals surface area contributed by atoms with Crippen LogP contribution in [0.4, 0.5) is 0 Å². The summed E-state index contributed by atoms with van der Waals surface area (Å²) in [6.07, 6.45) is 0. The van der Waals surface area contributed by atoms with Crippen LogP contribution < -0.4 is 5.32 Å². The fourth-order valence-electron chi connectivity index (χ4n) is 1.21. The lowest BCUT2D eigenvalue weighted by molar-refractivity contribution is 0.0952. The molecule has 0 radical (unpaired) electrons. The minimum atomic E-state index is -0.167. The van der Waals surface area contributed by atoms with Gasteiger partial charge in [0.05, 0.1) is 5.38 Å². The highest BCUT2D eigenvalue weighted by Crippen LogP contribution is 2.19. The van der Waals surface area contributed by atoms with Gasteiger partial charge in [0.15, 0.2) is 0 Å². The molecule has 5 heteroatoms. The predicted octanol–water partition coefficient (Wildman–Crippen LogP) is 4.10. The van der Waals surface area contributed by atoms with Gasteiger partial charge in [-0.1, -0.05) is 41.4 Å². The third-order valence-electron chi connectivity index (χ3n) is 2.31. The van der Waals surface area contributed by atoms with Gasteiger partial charge >= 0.3 is 0 Å². The minimum Gasteiger partial charge on any atom is -0.351 e. The first-order chi connectivity index (χ1) is 7.90. The maximum absolute atomic E-state index is 11.8. The average Bonchev–Trinajstić information content (AvgIpc) is 2.23. The highest BCUT2D eigenvalue weighted by molar-refractivity contribution is 9.10. The summed E-state index contributed by atoms with van der Waals surface area (Å²) in [7, 11) is 0. The molecule has 0 aliphatic heterocycles. The second-order valence-corrected chi connectivity index (χ2v) is 6.04. The Bertz CT molecular complexity index is 389. The summed E-state index contributed by atoms with van der Waals surface area (Å²) in [6, 6.07) is 5.08. The molecule has 17 heavy (non-hydrogen) atoms. The van der Waals surface area contributed by atoms with Crippen molar-refractivity contribution in [2.75, 3.05) is 6.54 Å². The van der Waals surface area contributed by atoms with E-state index in [4.69, 9.17) is 23.2 Å². The monoisotopic (exact) mass is 337 g/mol. The van der Waals surface area contributed by atoms with Crippen LogP contribution in [0.5, 0.6) is 0 Å². The van der Waals surface area contributed by atoms with Crippen LogP contribution in [-0.4, -0.2) is 17.8 Å². The fraction of sp³-hybridized carbons (Fsp3) is 0.417. The largest absolute Gasteiger partial charge is 0.351 e. The second kappa shape index (κ2) is 6.62. The van der Waals surface area contributed by atoms with E-state index in [0.29, 0.717) is 23.0 Å². The number of rotatable bonds is 4. The normalized spacial score (nSPS) is 12.6. The van der Waals surface area contributed by atoms with Crippen molar-refractivity contribution in [2.24, 2.45) is 5.92 Å². The molecule has 0 fully saturated rings. The number of nitrogens with one attached hydrogen (secondary N) is 1. The zero-order valence-corrected chi connectivity index (χ0v) is 12.7. The minimum absolute atomic E-state index is 0.0680. The molecular weight excluding hydrogens is 325 g/mol. The van der Waals surface area contributed by atoms with E-state index in [9.17, 15) is 4.79 Å². The molecule has 1 amide bonds. The summed E-state index contributed by atoms with van der Waals surface area (Å²) < 4.78 is 0.779. The molecule has 0 aliphatic carbocycles. The van der Waals surface area contributed by atoms with Crippen LogP contribution in [0.15, 0.2) is 22.7 Å². The summed E-state index contributed by atoms with van der Waals surface area (Å²) in [5.41, 5.74) is 0.525. The van der Waals surface area contributed by atoms with Crippen LogP contribution >= 0.6 is 39.1 Å². The zero-order valence-electron chi connectivity index (χ0n) is 9.64. The molecule has 1 N–H and O–H groups in total. The smallest absolute Gasteiger partial charge is 0.251 e. The molecule has 1 aromatic carbocycles. The molecule has 0 bridgehead atoms. The van der Waals surface area contributed by atoms with Crippen molar-refractivity contribution in [1.29, 1.82) is 0 Å². The van der Waals surface area contributed by atoms with Gasteiger partial charge in [-0.25, -0.2) is 0 Å². The predicted molar refractivity (Wildman–Crippen MR) is 76.0 cm³/mol. The number of amides is 1. The first-order valence-electron chi connectivity index (χ1n) is 5.28. The van der Waals surface area contributed by atoms with Crippen molar-refractivity contribution in [3.05, 3.63) is 33.3 Å². The summed E-state index contributed by atoms with van der Waals surface area (Å²) in [5.74, 6) is 0.155. The van der Waals surface area contributed by atoms with Crippen molar-refractivity contribution >= 4 is 45.0 Å². The summed E-state index contributed by atoms with van der Waals surface area (Å²) in [4.78, 5) is 11.8. The molecule has 1 unspecified atom stereocenters. The zero-order chi connectivity index (χ0) is 13.0. The summed E-state index contributed by atoms with van der Waals surface area (Å²) in [5, 5.41) is 3.24. The van der Waals surface area contributed by atoms with Crippen LogP contribution in [0, 0.1) is 5.92 Å². The maximum Gasteiger partial charge on any atom is 0.251 e. The molecule has 0 spiro atoms. The highest BCUT2D eigenvalue weighted by Gasteiger charge is 2.12. The summed E-state index contributed by atoms with van der Waals surface area (Å²) >= 11 is 15.2. The van der Waals surface area contributed by atoms with Crippen molar-refractivity contribution in [3.63, 3.8) is 0 Å². The van der Waals surface area contributed by atoms with Gasteiger partial charge in [0.2, 0.25) is 0 Å². The molecule has 1 aromatic rings. The average molecular weight is 339 g/mol. The van der Waals surface area contributed by atoms with Crippen molar-refractivity contribution in [3.8, 4) is 0 Å². The molecule has 0 saturated heterocycles. The van der Waals surface area contributed by atoms with Gasteiger partial charge in [0.25, 0.3) is 5.91 Å². The molecular formula is C12H14BrCl2NO. The van der Waals surface area contributed by atoms with E-state index in [-0.39, 0.29) is 11.3 Å². The summed E-state index contributed by atoms with van der Waals surface area (Å²) in [6.45, 7) is 4.47. The Balaban J connectivity index is 2.64. The van der Waals surface area contributed by atoms with Gasteiger partial charge in [-0.15, -0.1) is 11.6 Å². The van der Waals surface area contributed by atoms with Crippen LogP contribution in [0.2, 0.25) is 5.02 Å². The Hall–Kier alpha value is -0.250. The first-order valence-corrected chi connectivity index (χ1v) is 6.89. The van der Waals surface area contributed by atoms with Gasteiger partial charge in [-0.05, 0) is 24.1 Å². The lowest BCUT2D eigenvalue weighted by atomic mass is 10.1. The van der Waals surface area contributed by atoms with Crippen molar-refractivity contribution in [1.82, 2.24) is 5.32 Å². The van der Waals surface area contributed by atoms with Gasteiger partial charge < -0.3 is 5.32 Å². The van der Waals surface area contributed by atoms with E-state index in [1.165, 1.54) is 0 Å². The Morgan fingerprint density at radius 2 is 2.06 bits per heavy atom. The highest BCUT2D eigenvalue weighted by atomic mass is 79.9. The third-order valence-corrected chi connectivity index (χ3v) is 3.64. The number of halogens is 3. The van der Waals surface area contributed by atoms with Crippen LogP contribution in [0.25, 0.3) is 0 Å². The Morgan fingerprint density at radius 1 is 1.41 bits per heavy atom. The Labute approximate surface area is 120 Å². The van der Waals surface area contributed by atoms with Gasteiger partial charge in [0.1, 0.15) is 0 Å². The van der Waals surface area contributed by atoms with E-state index >= 15 is 0 Å². The Kier molecular flexibility index (Phi) is 5.77. The van der Waals surface area contributed by atoms with E-state index in [2.05, 4.69) is 21.2 Å². The van der Waals surface area contributed by atoms with Gasteiger partial charge in [0, 0.05) is 21.6 Å². The van der Waals surface area contributed by atoms with Crippen molar-refractivity contribution < 1.29 is 4.79 Å². The van der Waals surface area contributed by atoms with E-state index in [1.54, 1.807) is 18.2 Å². The van der Waals surface area contributed by atoms with Crippen molar-refractivity contribution in [2.45, 2.75) is 19.2 Å². The molecule has 0 saturated carbocycles. The first kappa shape index (κ1) is 14.8. The number of benzene rings is 1. The van der Waals surface area contributed by atoms with E-state index < -0.39 is 0 Å². The van der Waals surface area contributed by atoms with E-state index in [1.807, 2.05) is 13.8 Å². The second-order valence-electron chi connectivity index (χ2n) is 4.13. The maximum atomic E-state index is 11.8. The van der Waals surface area contributed by atoms with Crippen LogP contribution in [0.1, 0.15) is 24.2 Å². The molecule has 94 valence electrons. The fourth-order valence-corrected chi connectivity index (χ4v) is 2.15. The standard InChI is InChI=1S/C12H14BrCl2NO/c1-7(2)11(15)6-16-12(17)8-3-9(13)5-10(14)4-8/h3-5,7,11H,6H2,1-2H3,(H,16,17). The number of hydrogen-bond donors (Lipinski definition) is 1. The Morgan fingerprint density at radius 3 is 2.59 bits per heavy atom. The molecule has 0 heterocycles. The molecule has 1 rings (SSSR count). The molecule has 0 aromatic heterocycles. The number of carbonyl (C=O) groups is 1. The number of carbonyl (C=O) groups excluding carboxylic acids is 1. The molecule has 1 atom stereocenters. The van der Waals surface area contributed by atoms with Crippen LogP contribution in [-0.2, 0) is 0 Å². The number of hydrogen-bond acceptors (Lipinski definition) is 1. The lowest BCUT2D eigenvalue weighted by Crippen LogP contribution is -2.31. The van der Waals surface area contributed by atoms with Gasteiger partial charge in [-0.2, -0.15) is 0 Å². The quantitative estimate of drug-likeness (QED) is 0.823. The van der Waals surface area contributed by atoms with E-state index in [0.717, 1.165) is 4.47 Å². The lowest BCUT2D eigenvalue weighted by Gasteiger charge is -2.14. The van der Waals surface area contributed by atoms with Crippen LogP contribution in [0.3, 0.4) is 0 Å². The SMILES string of the molecule is CC(C)C(Cl)CNC(=O)c1cc(Cl)cc(Br)c1. The topological polar surface area (TPSA) is 29.1 Å². The molecule has 2 nitrogen and oxygen atoms in total. The number of alkyl halides is 1. The van der Waals surface area contributed by atoms with Gasteiger partial charge in [-0.3, -0.25) is 4.79 Å². The third kappa shape index (κ3) is 4.86. The molecule has 0 aliphatic rings.